The predicted octanol–water partition coefficient (Wildman–Crippen LogP) is 3.51. The van der Waals surface area contributed by atoms with Crippen molar-refractivity contribution in [1.82, 2.24) is 5.16 Å². The highest BCUT2D eigenvalue weighted by atomic mass is 35.5. The number of nitrogens with zero attached hydrogens (tertiary/aromatic N) is 1. The summed E-state index contributed by atoms with van der Waals surface area (Å²) < 4.78 is 27.7. The maximum Gasteiger partial charge on any atom is 0.230 e. The van der Waals surface area contributed by atoms with Crippen molar-refractivity contribution in [3.63, 3.8) is 0 Å². The fourth-order valence-electron chi connectivity index (χ4n) is 1.87. The largest absolute Gasteiger partial charge is 0.367 e. The lowest BCUT2D eigenvalue weighted by Gasteiger charge is -2.21. The molecule has 1 aromatic heterocycles. The number of hydrogen-bond donors (Lipinski definition) is 1. The van der Waals surface area contributed by atoms with Gasteiger partial charge in [0.05, 0.1) is 15.6 Å². The molecule has 0 aliphatic heterocycles. The van der Waals surface area contributed by atoms with Gasteiger partial charge in [-0.3, -0.25) is 0 Å². The first-order valence-electron chi connectivity index (χ1n) is 5.97. The van der Waals surface area contributed by atoms with Crippen molar-refractivity contribution in [2.75, 3.05) is 12.0 Å². The van der Waals surface area contributed by atoms with E-state index in [0.717, 1.165) is 6.26 Å². The minimum atomic E-state index is -3.46. The van der Waals surface area contributed by atoms with Crippen molar-refractivity contribution in [2.24, 2.45) is 0 Å². The Morgan fingerprint density at radius 1 is 1.19 bits per heavy atom. The average Bonchev–Trinajstić information content (AvgIpc) is 2.70. The van der Waals surface area contributed by atoms with E-state index in [0.29, 0.717) is 21.2 Å². The van der Waals surface area contributed by atoms with Crippen LogP contribution in [0, 0.1) is 0 Å². The molecular formula is C13H14Cl2N2O3S. The van der Waals surface area contributed by atoms with Gasteiger partial charge < -0.3 is 10.3 Å². The van der Waals surface area contributed by atoms with Crippen LogP contribution in [-0.2, 0) is 14.6 Å². The van der Waals surface area contributed by atoms with Gasteiger partial charge in [0.2, 0.25) is 5.88 Å². The summed E-state index contributed by atoms with van der Waals surface area (Å²) >= 11 is 12.3. The third-order valence-electron chi connectivity index (χ3n) is 3.43. The normalized spacial score (nSPS) is 12.6. The molecule has 2 rings (SSSR count). The molecule has 1 heterocycles. The minimum absolute atomic E-state index is 0.0308. The number of hydrogen-bond acceptors (Lipinski definition) is 5. The molecule has 0 aliphatic carbocycles. The maximum absolute atomic E-state index is 12.0. The van der Waals surface area contributed by atoms with E-state index in [-0.39, 0.29) is 11.6 Å². The van der Waals surface area contributed by atoms with Crippen LogP contribution in [0.5, 0.6) is 0 Å². The molecule has 2 N–H and O–H groups in total. The molecular weight excluding hydrogens is 335 g/mol. The van der Waals surface area contributed by atoms with E-state index < -0.39 is 14.6 Å². The Hall–Kier alpha value is -1.24. The Kier molecular flexibility index (Phi) is 3.99. The molecule has 5 nitrogen and oxygen atoms in total. The van der Waals surface area contributed by atoms with E-state index in [1.807, 2.05) is 0 Å². The van der Waals surface area contributed by atoms with Crippen LogP contribution in [0.15, 0.2) is 22.7 Å². The first kappa shape index (κ1) is 16.1. The fraction of sp³-hybridized carbons (Fsp3) is 0.308. The van der Waals surface area contributed by atoms with E-state index in [1.165, 1.54) is 13.8 Å². The van der Waals surface area contributed by atoms with Gasteiger partial charge in [0.1, 0.15) is 10.4 Å². The molecule has 2 aromatic rings. The summed E-state index contributed by atoms with van der Waals surface area (Å²) in [5.74, 6) is -0.0308. The van der Waals surface area contributed by atoms with Gasteiger partial charge in [-0.1, -0.05) is 34.4 Å². The summed E-state index contributed by atoms with van der Waals surface area (Å²) in [6.45, 7) is 3.04. The fourth-order valence-corrected chi connectivity index (χ4v) is 2.94. The van der Waals surface area contributed by atoms with Gasteiger partial charge in [0.15, 0.2) is 9.84 Å². The topological polar surface area (TPSA) is 86.2 Å². The summed E-state index contributed by atoms with van der Waals surface area (Å²) in [6.07, 6.45) is 1.12. The molecule has 0 atom stereocenters. The Morgan fingerprint density at radius 2 is 1.71 bits per heavy atom. The number of sulfone groups is 1. The van der Waals surface area contributed by atoms with Gasteiger partial charge in [-0.15, -0.1) is 0 Å². The van der Waals surface area contributed by atoms with Crippen LogP contribution in [0.25, 0.3) is 11.1 Å². The number of anilines is 1. The second-order valence-corrected chi connectivity index (χ2v) is 8.53. The number of rotatable bonds is 3. The Morgan fingerprint density at radius 3 is 2.19 bits per heavy atom. The van der Waals surface area contributed by atoms with Crippen molar-refractivity contribution >= 4 is 38.9 Å². The molecule has 0 bridgehead atoms. The molecule has 0 radical (unpaired) electrons. The predicted molar refractivity (Wildman–Crippen MR) is 84.2 cm³/mol. The lowest BCUT2D eigenvalue weighted by molar-refractivity contribution is 0.417. The third-order valence-corrected chi connectivity index (χ3v) is 6.11. The summed E-state index contributed by atoms with van der Waals surface area (Å²) in [6, 6.07) is 4.94. The number of benzene rings is 1. The molecule has 0 unspecified atom stereocenters. The Bertz CT molecular complexity index is 777. The van der Waals surface area contributed by atoms with Gasteiger partial charge in [0, 0.05) is 11.8 Å². The number of nitrogen functional groups attached to an aromatic ring is 1. The second-order valence-electron chi connectivity index (χ2n) is 5.15. The van der Waals surface area contributed by atoms with Crippen LogP contribution in [0.3, 0.4) is 0 Å². The summed E-state index contributed by atoms with van der Waals surface area (Å²) in [7, 11) is -3.46. The van der Waals surface area contributed by atoms with Gasteiger partial charge in [-0.25, -0.2) is 8.42 Å². The Balaban J connectivity index is 2.82. The number of aromatic nitrogens is 1. The van der Waals surface area contributed by atoms with Crippen LogP contribution < -0.4 is 5.73 Å². The molecule has 0 spiro atoms. The highest BCUT2D eigenvalue weighted by molar-refractivity contribution is 7.91. The van der Waals surface area contributed by atoms with E-state index in [9.17, 15) is 8.42 Å². The zero-order valence-electron chi connectivity index (χ0n) is 11.6. The average molecular weight is 349 g/mol. The molecule has 8 heteroatoms. The van der Waals surface area contributed by atoms with Crippen molar-refractivity contribution in [2.45, 2.75) is 18.6 Å². The lowest BCUT2D eigenvalue weighted by atomic mass is 9.98. The molecule has 0 fully saturated rings. The SMILES string of the molecule is CC(C)(c1noc(N)c1-c1c(Cl)cccc1Cl)S(C)(=O)=O. The number of halogens is 2. The molecule has 0 amide bonds. The molecule has 0 saturated heterocycles. The van der Waals surface area contributed by atoms with Crippen LogP contribution in [0.4, 0.5) is 5.88 Å². The highest BCUT2D eigenvalue weighted by Crippen LogP contribution is 2.44. The molecule has 0 aliphatic rings. The van der Waals surface area contributed by atoms with Gasteiger partial charge in [-0.2, -0.15) is 0 Å². The van der Waals surface area contributed by atoms with E-state index in [2.05, 4.69) is 5.16 Å². The zero-order valence-corrected chi connectivity index (χ0v) is 14.0. The van der Waals surface area contributed by atoms with Crippen LogP contribution in [0.1, 0.15) is 19.5 Å². The summed E-state index contributed by atoms with van der Waals surface area (Å²) in [5, 5.41) is 4.49. The third kappa shape index (κ3) is 2.63. The van der Waals surface area contributed by atoms with Gasteiger partial charge in [-0.05, 0) is 26.0 Å². The van der Waals surface area contributed by atoms with E-state index >= 15 is 0 Å². The zero-order chi connectivity index (χ0) is 16.0. The minimum Gasteiger partial charge on any atom is -0.367 e. The highest BCUT2D eigenvalue weighted by Gasteiger charge is 2.39. The first-order valence-corrected chi connectivity index (χ1v) is 8.61. The summed E-state index contributed by atoms with van der Waals surface area (Å²) in [5.41, 5.74) is 6.70. The van der Waals surface area contributed by atoms with Crippen LogP contribution in [0.2, 0.25) is 10.0 Å². The maximum atomic E-state index is 12.0. The standard InChI is InChI=1S/C13H14Cl2N2O3S/c1-13(2,21(3,18)19)11-10(12(16)20-17-11)9-7(14)5-4-6-8(9)15/h4-6H,16H2,1-3H3. The second kappa shape index (κ2) is 5.19. The van der Waals surface area contributed by atoms with Crippen molar-refractivity contribution in [1.29, 1.82) is 0 Å². The van der Waals surface area contributed by atoms with Crippen LogP contribution in [-0.4, -0.2) is 19.8 Å². The molecule has 0 saturated carbocycles. The van der Waals surface area contributed by atoms with Crippen molar-refractivity contribution < 1.29 is 12.9 Å². The number of nitrogens with two attached hydrogens (primary N) is 1. The first-order chi connectivity index (χ1) is 9.57. The Labute approximate surface area is 132 Å². The molecule has 114 valence electrons. The van der Waals surface area contributed by atoms with Crippen molar-refractivity contribution in [3.8, 4) is 11.1 Å². The van der Waals surface area contributed by atoms with Gasteiger partial charge >= 0.3 is 0 Å². The quantitative estimate of drug-likeness (QED) is 0.916. The monoisotopic (exact) mass is 348 g/mol. The molecule has 1 aromatic carbocycles. The van der Waals surface area contributed by atoms with E-state index in [1.54, 1.807) is 18.2 Å². The van der Waals surface area contributed by atoms with Crippen LogP contribution >= 0.6 is 23.2 Å². The lowest BCUT2D eigenvalue weighted by Crippen LogP contribution is -2.29. The summed E-state index contributed by atoms with van der Waals surface area (Å²) in [4.78, 5) is 0. The molecule has 21 heavy (non-hydrogen) atoms. The van der Waals surface area contributed by atoms with Gasteiger partial charge in [0.25, 0.3) is 0 Å². The van der Waals surface area contributed by atoms with Crippen molar-refractivity contribution in [3.05, 3.63) is 33.9 Å². The smallest absolute Gasteiger partial charge is 0.230 e. The van der Waals surface area contributed by atoms with E-state index in [4.69, 9.17) is 33.5 Å².